The van der Waals surface area contributed by atoms with Crippen molar-refractivity contribution in [3.05, 3.63) is 98.2 Å². The SMILES string of the molecule is CCC/C(=C\c1ccc(O)cc1Cl)CC[C@@H](O)C1=C(COc2ccccc2)C[C@H]2C(=O)N(Cc3cccs3)C(=O)[C@H]2[C@H]1CO. The second kappa shape index (κ2) is 14.6. The number of hydrogen-bond acceptors (Lipinski definition) is 7. The molecule has 1 aliphatic heterocycles. The number of para-hydroxylation sites is 1. The lowest BCUT2D eigenvalue weighted by Gasteiger charge is -2.36. The smallest absolute Gasteiger partial charge is 0.234 e. The van der Waals surface area contributed by atoms with Gasteiger partial charge in [0.25, 0.3) is 0 Å². The van der Waals surface area contributed by atoms with Crippen LogP contribution in [0.4, 0.5) is 0 Å². The van der Waals surface area contributed by atoms with Crippen LogP contribution < -0.4 is 4.74 Å². The second-order valence-corrected chi connectivity index (χ2v) is 12.9. The first kappa shape index (κ1) is 32.0. The number of fused-ring (bicyclic) bond motifs is 1. The number of carbonyl (C=O) groups excluding carboxylic acids is 2. The molecule has 9 heteroatoms. The molecule has 1 aromatic heterocycles. The normalized spacial score (nSPS) is 21.1. The van der Waals surface area contributed by atoms with E-state index >= 15 is 0 Å². The van der Waals surface area contributed by atoms with Crippen molar-refractivity contribution >= 4 is 40.8 Å². The number of aliphatic hydroxyl groups excluding tert-OH is 2. The van der Waals surface area contributed by atoms with E-state index in [2.05, 4.69) is 6.92 Å². The zero-order valence-electron chi connectivity index (χ0n) is 24.7. The van der Waals surface area contributed by atoms with E-state index in [1.54, 1.807) is 12.1 Å². The number of allylic oxidation sites excluding steroid dienone is 1. The van der Waals surface area contributed by atoms with E-state index < -0.39 is 23.9 Å². The molecule has 1 fully saturated rings. The van der Waals surface area contributed by atoms with E-state index in [0.717, 1.165) is 34.4 Å². The number of aliphatic hydroxyl groups is 2. The molecule has 5 rings (SSSR count). The Hall–Kier alpha value is -3.43. The molecule has 232 valence electrons. The highest BCUT2D eigenvalue weighted by Gasteiger charge is 2.54. The number of phenols is 1. The van der Waals surface area contributed by atoms with Crippen LogP contribution in [-0.2, 0) is 16.1 Å². The van der Waals surface area contributed by atoms with E-state index in [-0.39, 0.29) is 43.7 Å². The van der Waals surface area contributed by atoms with Gasteiger partial charge in [0, 0.05) is 10.8 Å². The Morgan fingerprint density at radius 1 is 1.11 bits per heavy atom. The van der Waals surface area contributed by atoms with Crippen molar-refractivity contribution in [3.63, 3.8) is 0 Å². The number of carbonyl (C=O) groups is 2. The maximum absolute atomic E-state index is 13.7. The van der Waals surface area contributed by atoms with Crippen molar-refractivity contribution in [2.45, 2.75) is 51.7 Å². The number of amides is 2. The topological polar surface area (TPSA) is 107 Å². The van der Waals surface area contributed by atoms with Crippen molar-refractivity contribution < 1.29 is 29.6 Å². The maximum atomic E-state index is 13.7. The van der Waals surface area contributed by atoms with Gasteiger partial charge in [-0.3, -0.25) is 14.5 Å². The van der Waals surface area contributed by atoms with Crippen LogP contribution in [0, 0.1) is 17.8 Å². The van der Waals surface area contributed by atoms with Gasteiger partial charge >= 0.3 is 0 Å². The molecule has 2 aromatic carbocycles. The minimum Gasteiger partial charge on any atom is -0.508 e. The van der Waals surface area contributed by atoms with Crippen LogP contribution in [-0.4, -0.2) is 51.4 Å². The highest BCUT2D eigenvalue weighted by molar-refractivity contribution is 7.09. The molecule has 0 spiro atoms. The summed E-state index contributed by atoms with van der Waals surface area (Å²) in [5.41, 5.74) is 3.23. The Morgan fingerprint density at radius 2 is 1.91 bits per heavy atom. The minimum absolute atomic E-state index is 0.0938. The number of halogens is 1. The summed E-state index contributed by atoms with van der Waals surface area (Å²) in [4.78, 5) is 29.6. The summed E-state index contributed by atoms with van der Waals surface area (Å²) in [5.74, 6) is -1.84. The number of likely N-dealkylation sites (tertiary alicyclic amines) is 1. The van der Waals surface area contributed by atoms with Crippen molar-refractivity contribution in [3.8, 4) is 11.5 Å². The monoisotopic (exact) mass is 635 g/mol. The molecule has 0 bridgehead atoms. The quantitative estimate of drug-likeness (QED) is 0.144. The molecule has 3 aromatic rings. The molecule has 1 aliphatic carbocycles. The summed E-state index contributed by atoms with van der Waals surface area (Å²) < 4.78 is 6.10. The molecule has 44 heavy (non-hydrogen) atoms. The number of benzene rings is 2. The van der Waals surface area contributed by atoms with Gasteiger partial charge in [0.1, 0.15) is 18.1 Å². The summed E-state index contributed by atoms with van der Waals surface area (Å²) in [7, 11) is 0. The van der Waals surface area contributed by atoms with E-state index in [4.69, 9.17) is 16.3 Å². The number of hydrogen-bond donors (Lipinski definition) is 3. The fourth-order valence-electron chi connectivity index (χ4n) is 6.48. The molecule has 2 aliphatic rings. The Bertz CT molecular complexity index is 1520. The lowest BCUT2D eigenvalue weighted by atomic mass is 9.68. The molecular formula is C35H38ClNO6S. The molecule has 2 heterocycles. The van der Waals surface area contributed by atoms with Gasteiger partial charge in [-0.1, -0.05) is 60.9 Å². The highest BCUT2D eigenvalue weighted by atomic mass is 35.5. The van der Waals surface area contributed by atoms with Gasteiger partial charge in [-0.25, -0.2) is 0 Å². The predicted octanol–water partition coefficient (Wildman–Crippen LogP) is 6.62. The van der Waals surface area contributed by atoms with Gasteiger partial charge in [0.15, 0.2) is 0 Å². The molecule has 2 amide bonds. The third-order valence-electron chi connectivity index (χ3n) is 8.54. The average Bonchev–Trinajstić information content (AvgIpc) is 3.62. The molecular weight excluding hydrogens is 598 g/mol. The van der Waals surface area contributed by atoms with Crippen LogP contribution in [0.5, 0.6) is 11.5 Å². The van der Waals surface area contributed by atoms with E-state index in [9.17, 15) is 24.9 Å². The van der Waals surface area contributed by atoms with Gasteiger partial charge in [-0.05, 0) is 84.2 Å². The average molecular weight is 636 g/mol. The van der Waals surface area contributed by atoms with Crippen molar-refractivity contribution in [2.75, 3.05) is 13.2 Å². The van der Waals surface area contributed by atoms with Crippen molar-refractivity contribution in [1.29, 1.82) is 0 Å². The Morgan fingerprint density at radius 3 is 2.59 bits per heavy atom. The maximum Gasteiger partial charge on any atom is 0.234 e. The first-order chi connectivity index (χ1) is 21.3. The minimum atomic E-state index is -0.952. The van der Waals surface area contributed by atoms with Crippen LogP contribution >= 0.6 is 22.9 Å². The van der Waals surface area contributed by atoms with Gasteiger partial charge in [-0.15, -0.1) is 11.3 Å². The number of thiophene rings is 1. The van der Waals surface area contributed by atoms with E-state index in [1.165, 1.54) is 22.3 Å². The van der Waals surface area contributed by atoms with Gasteiger partial charge in [-0.2, -0.15) is 0 Å². The predicted molar refractivity (Wildman–Crippen MR) is 172 cm³/mol. The van der Waals surface area contributed by atoms with Crippen molar-refractivity contribution in [1.82, 2.24) is 4.90 Å². The van der Waals surface area contributed by atoms with Crippen molar-refractivity contribution in [2.24, 2.45) is 17.8 Å². The zero-order chi connectivity index (χ0) is 31.2. The molecule has 0 radical (unpaired) electrons. The summed E-state index contributed by atoms with van der Waals surface area (Å²) in [5, 5.41) is 34.5. The molecule has 0 unspecified atom stereocenters. The Kier molecular flexibility index (Phi) is 10.6. The number of ether oxygens (including phenoxy) is 1. The highest BCUT2D eigenvalue weighted by Crippen LogP contribution is 2.47. The van der Waals surface area contributed by atoms with Gasteiger partial charge in [0.2, 0.25) is 11.8 Å². The third-order valence-corrected chi connectivity index (χ3v) is 9.72. The number of rotatable bonds is 13. The largest absolute Gasteiger partial charge is 0.508 e. The summed E-state index contributed by atoms with van der Waals surface area (Å²) >= 11 is 7.86. The molecule has 4 atom stereocenters. The first-order valence-corrected chi connectivity index (χ1v) is 16.3. The molecule has 0 saturated carbocycles. The van der Waals surface area contributed by atoms with E-state index in [0.29, 0.717) is 29.2 Å². The van der Waals surface area contributed by atoms with Crippen LogP contribution in [0.25, 0.3) is 6.08 Å². The second-order valence-electron chi connectivity index (χ2n) is 11.4. The van der Waals surface area contributed by atoms with Crippen LogP contribution in [0.1, 0.15) is 49.5 Å². The first-order valence-electron chi connectivity index (χ1n) is 15.0. The lowest BCUT2D eigenvalue weighted by molar-refractivity contribution is -0.140. The summed E-state index contributed by atoms with van der Waals surface area (Å²) in [6, 6.07) is 18.0. The summed E-state index contributed by atoms with van der Waals surface area (Å²) in [6.07, 6.45) is 3.95. The lowest BCUT2D eigenvalue weighted by Crippen LogP contribution is -2.40. The summed E-state index contributed by atoms with van der Waals surface area (Å²) in [6.45, 7) is 2.06. The molecule has 1 saturated heterocycles. The number of nitrogens with zero attached hydrogens (tertiary/aromatic N) is 1. The number of imide groups is 1. The van der Waals surface area contributed by atoms with Crippen LogP contribution in [0.2, 0.25) is 5.02 Å². The number of aromatic hydroxyl groups is 1. The van der Waals surface area contributed by atoms with Gasteiger partial charge < -0.3 is 20.1 Å². The van der Waals surface area contributed by atoms with E-state index in [1.807, 2.05) is 53.9 Å². The zero-order valence-corrected chi connectivity index (χ0v) is 26.3. The molecule has 3 N–H and O–H groups in total. The third kappa shape index (κ3) is 7.10. The fraction of sp³-hybridized carbons (Fsp3) is 0.371. The van der Waals surface area contributed by atoms with Crippen LogP contribution in [0.3, 0.4) is 0 Å². The molecule has 7 nitrogen and oxygen atoms in total. The Balaban J connectivity index is 1.43. The fourth-order valence-corrected chi connectivity index (χ4v) is 7.40. The number of phenolic OH excluding ortho intramolecular Hbond substituents is 1. The van der Waals surface area contributed by atoms with Crippen LogP contribution in [0.15, 0.2) is 82.8 Å². The Labute approximate surface area is 267 Å². The van der Waals surface area contributed by atoms with Gasteiger partial charge in [0.05, 0.1) is 36.1 Å². The standard InChI is InChI=1S/C35H38ClNO6S/c1-2-7-22(16-23-12-13-25(39)18-30(23)36)11-14-31(40)32-24(21-43-26-8-4-3-5-9-26)17-28-33(29(32)20-38)35(42)37(34(28)41)19-27-10-6-15-44-27/h3-6,8-10,12-13,15-16,18,28-29,31,33,38-40H,2,7,11,14,17,19-21H2,1H3/b22-16+/t28-,29+,31-,33-/m1/s1.